The van der Waals surface area contributed by atoms with Crippen LogP contribution < -0.4 is 10.6 Å². The van der Waals surface area contributed by atoms with Gasteiger partial charge in [-0.05, 0) is 38.4 Å². The molecule has 2 aliphatic heterocycles. The number of aliphatic hydroxyl groups is 1. The molecule has 3 rings (SSSR count). The molecule has 1 aliphatic carbocycles. The van der Waals surface area contributed by atoms with Gasteiger partial charge in [0.2, 0.25) is 0 Å². The van der Waals surface area contributed by atoms with Gasteiger partial charge in [-0.3, -0.25) is 9.89 Å². The standard InChI is InChI=1S/C17H32N4OS/c1-2-18-16(19-12-17(22)8-10-23-13-17)20-14-7-9-21(11-14)15-5-3-4-6-15/h14-15,22H,2-13H2,1H3,(H2,18,19,20). The van der Waals surface area contributed by atoms with E-state index in [9.17, 15) is 5.11 Å². The molecule has 3 fully saturated rings. The highest BCUT2D eigenvalue weighted by Gasteiger charge is 2.32. The van der Waals surface area contributed by atoms with Crippen molar-refractivity contribution >= 4 is 17.7 Å². The second-order valence-electron chi connectivity index (χ2n) is 7.29. The quantitative estimate of drug-likeness (QED) is 0.522. The monoisotopic (exact) mass is 340 g/mol. The van der Waals surface area contributed by atoms with Crippen LogP contribution in [0, 0.1) is 0 Å². The van der Waals surface area contributed by atoms with Gasteiger partial charge in [-0.25, -0.2) is 0 Å². The summed E-state index contributed by atoms with van der Waals surface area (Å²) in [5.41, 5.74) is -0.599. The summed E-state index contributed by atoms with van der Waals surface area (Å²) < 4.78 is 0. The molecule has 2 unspecified atom stereocenters. The molecule has 2 atom stereocenters. The summed E-state index contributed by atoms with van der Waals surface area (Å²) in [6.45, 7) is 5.81. The lowest BCUT2D eigenvalue weighted by atomic mass is 10.1. The molecule has 0 amide bonds. The summed E-state index contributed by atoms with van der Waals surface area (Å²) in [7, 11) is 0. The molecule has 0 radical (unpaired) electrons. The fourth-order valence-corrected chi connectivity index (χ4v) is 5.25. The van der Waals surface area contributed by atoms with E-state index in [1.807, 2.05) is 11.8 Å². The molecule has 0 bridgehead atoms. The molecule has 132 valence electrons. The predicted octanol–water partition coefficient (Wildman–Crippen LogP) is 1.43. The van der Waals surface area contributed by atoms with Gasteiger partial charge in [0.25, 0.3) is 0 Å². The first-order chi connectivity index (χ1) is 11.2. The minimum absolute atomic E-state index is 0.487. The lowest BCUT2D eigenvalue weighted by Crippen LogP contribution is -2.46. The maximum absolute atomic E-state index is 10.5. The Bertz CT molecular complexity index is 405. The van der Waals surface area contributed by atoms with E-state index in [0.29, 0.717) is 12.6 Å². The molecular weight excluding hydrogens is 308 g/mol. The van der Waals surface area contributed by atoms with E-state index in [4.69, 9.17) is 0 Å². The molecule has 2 heterocycles. The van der Waals surface area contributed by atoms with Crippen molar-refractivity contribution in [1.29, 1.82) is 0 Å². The van der Waals surface area contributed by atoms with Crippen LogP contribution in [0.15, 0.2) is 4.99 Å². The molecule has 0 aromatic carbocycles. The van der Waals surface area contributed by atoms with Crippen LogP contribution in [0.2, 0.25) is 0 Å². The van der Waals surface area contributed by atoms with Gasteiger partial charge >= 0.3 is 0 Å². The van der Waals surface area contributed by atoms with Crippen molar-refractivity contribution in [1.82, 2.24) is 15.5 Å². The van der Waals surface area contributed by atoms with Gasteiger partial charge in [-0.2, -0.15) is 11.8 Å². The summed E-state index contributed by atoms with van der Waals surface area (Å²) >= 11 is 1.83. The number of guanidine groups is 1. The van der Waals surface area contributed by atoms with E-state index in [-0.39, 0.29) is 0 Å². The highest BCUT2D eigenvalue weighted by molar-refractivity contribution is 7.99. The van der Waals surface area contributed by atoms with Crippen LogP contribution >= 0.6 is 11.8 Å². The van der Waals surface area contributed by atoms with Crippen LogP contribution in [0.25, 0.3) is 0 Å². The van der Waals surface area contributed by atoms with Gasteiger partial charge in [-0.15, -0.1) is 0 Å². The molecule has 2 saturated heterocycles. The SMILES string of the molecule is CCNC(=NCC1(O)CCSC1)NC1CCN(C2CCCC2)C1. The van der Waals surface area contributed by atoms with E-state index < -0.39 is 5.60 Å². The topological polar surface area (TPSA) is 59.9 Å². The minimum Gasteiger partial charge on any atom is -0.387 e. The number of nitrogens with zero attached hydrogens (tertiary/aromatic N) is 2. The van der Waals surface area contributed by atoms with Gasteiger partial charge in [0.1, 0.15) is 0 Å². The first-order valence-electron chi connectivity index (χ1n) is 9.27. The first-order valence-corrected chi connectivity index (χ1v) is 10.4. The molecule has 0 aromatic heterocycles. The van der Waals surface area contributed by atoms with Crippen LogP contribution in [-0.4, -0.2) is 71.3 Å². The second kappa shape index (κ2) is 8.08. The number of aliphatic imine (C=N–C) groups is 1. The lowest BCUT2D eigenvalue weighted by molar-refractivity contribution is 0.0778. The normalized spacial score (nSPS) is 33.5. The van der Waals surface area contributed by atoms with E-state index in [0.717, 1.165) is 43.0 Å². The number of likely N-dealkylation sites (tertiary alicyclic amines) is 1. The maximum Gasteiger partial charge on any atom is 0.191 e. The Morgan fingerprint density at radius 1 is 1.35 bits per heavy atom. The average Bonchev–Trinajstić information content (AvgIpc) is 3.26. The van der Waals surface area contributed by atoms with Gasteiger partial charge in [0.05, 0.1) is 12.1 Å². The van der Waals surface area contributed by atoms with Crippen molar-refractivity contribution in [3.63, 3.8) is 0 Å². The third-order valence-electron chi connectivity index (χ3n) is 5.36. The highest BCUT2D eigenvalue weighted by atomic mass is 32.2. The molecule has 0 spiro atoms. The Morgan fingerprint density at radius 3 is 2.87 bits per heavy atom. The van der Waals surface area contributed by atoms with Crippen molar-refractivity contribution < 1.29 is 5.11 Å². The fourth-order valence-electron chi connectivity index (χ4n) is 3.97. The van der Waals surface area contributed by atoms with Crippen LogP contribution in [0.3, 0.4) is 0 Å². The van der Waals surface area contributed by atoms with E-state index in [1.165, 1.54) is 38.6 Å². The second-order valence-corrected chi connectivity index (χ2v) is 8.39. The van der Waals surface area contributed by atoms with Crippen molar-refractivity contribution in [2.75, 3.05) is 37.7 Å². The van der Waals surface area contributed by atoms with Crippen LogP contribution in [0.5, 0.6) is 0 Å². The zero-order valence-corrected chi connectivity index (χ0v) is 15.2. The summed E-state index contributed by atoms with van der Waals surface area (Å²) in [6, 6.07) is 1.30. The minimum atomic E-state index is -0.599. The summed E-state index contributed by atoms with van der Waals surface area (Å²) in [6.07, 6.45) is 7.62. The average molecular weight is 341 g/mol. The molecule has 3 aliphatic rings. The van der Waals surface area contributed by atoms with E-state index >= 15 is 0 Å². The molecule has 0 aromatic rings. The Labute approximate surface area is 144 Å². The van der Waals surface area contributed by atoms with Crippen molar-refractivity contribution in [3.8, 4) is 0 Å². The first kappa shape index (κ1) is 17.4. The van der Waals surface area contributed by atoms with Crippen LogP contribution in [0.4, 0.5) is 0 Å². The third kappa shape index (κ3) is 4.77. The number of hydrogen-bond donors (Lipinski definition) is 3. The fraction of sp³-hybridized carbons (Fsp3) is 0.941. The number of rotatable bonds is 5. The molecule has 23 heavy (non-hydrogen) atoms. The Morgan fingerprint density at radius 2 is 2.17 bits per heavy atom. The van der Waals surface area contributed by atoms with Gasteiger partial charge in [-0.1, -0.05) is 12.8 Å². The molecular formula is C17H32N4OS. The van der Waals surface area contributed by atoms with Crippen molar-refractivity contribution in [2.24, 2.45) is 4.99 Å². The largest absolute Gasteiger partial charge is 0.387 e. The van der Waals surface area contributed by atoms with Crippen LogP contribution in [0.1, 0.15) is 45.4 Å². The van der Waals surface area contributed by atoms with E-state index in [2.05, 4.69) is 27.4 Å². The van der Waals surface area contributed by atoms with Crippen molar-refractivity contribution in [3.05, 3.63) is 0 Å². The summed E-state index contributed by atoms with van der Waals surface area (Å²) in [4.78, 5) is 7.33. The van der Waals surface area contributed by atoms with Crippen LogP contribution in [-0.2, 0) is 0 Å². The Balaban J connectivity index is 1.50. The number of thioether (sulfide) groups is 1. The third-order valence-corrected chi connectivity index (χ3v) is 6.59. The summed E-state index contributed by atoms with van der Waals surface area (Å²) in [5, 5.41) is 17.4. The smallest absolute Gasteiger partial charge is 0.191 e. The number of hydrogen-bond acceptors (Lipinski definition) is 4. The zero-order valence-electron chi connectivity index (χ0n) is 14.4. The highest BCUT2D eigenvalue weighted by Crippen LogP contribution is 2.28. The Hall–Kier alpha value is -0.460. The molecule has 1 saturated carbocycles. The molecule has 6 heteroatoms. The molecule has 5 nitrogen and oxygen atoms in total. The Kier molecular flexibility index (Phi) is 6.10. The van der Waals surface area contributed by atoms with Gasteiger partial charge in [0.15, 0.2) is 5.96 Å². The zero-order chi connectivity index (χ0) is 16.1. The van der Waals surface area contributed by atoms with E-state index in [1.54, 1.807) is 0 Å². The summed E-state index contributed by atoms with van der Waals surface area (Å²) in [5.74, 6) is 2.74. The lowest BCUT2D eigenvalue weighted by Gasteiger charge is -2.24. The molecule has 3 N–H and O–H groups in total. The maximum atomic E-state index is 10.5. The van der Waals surface area contributed by atoms with Crippen molar-refractivity contribution in [2.45, 2.75) is 63.1 Å². The predicted molar refractivity (Wildman–Crippen MR) is 98.2 cm³/mol. The van der Waals surface area contributed by atoms with Gasteiger partial charge < -0.3 is 15.7 Å². The van der Waals surface area contributed by atoms with Gasteiger partial charge in [0, 0.05) is 37.5 Å². The number of nitrogens with one attached hydrogen (secondary N) is 2.